The van der Waals surface area contributed by atoms with Gasteiger partial charge in [-0.05, 0) is 250 Å². The van der Waals surface area contributed by atoms with Crippen LogP contribution in [0, 0.1) is 0 Å². The zero-order valence-electron chi connectivity index (χ0n) is 73.2. The molecule has 134 heavy (non-hydrogen) atoms. The Hall–Kier alpha value is -18.0. The minimum absolute atomic E-state index is 0.888. The average Bonchev–Trinajstić information content (AvgIpc) is 1.62. The van der Waals surface area contributed by atoms with E-state index in [0.717, 1.165) is 196 Å². The van der Waals surface area contributed by atoms with Gasteiger partial charge >= 0.3 is 0 Å². The number of hydrogen-bond donors (Lipinski definition) is 0. The maximum absolute atomic E-state index is 6.51. The van der Waals surface area contributed by atoms with Crippen molar-refractivity contribution in [2.45, 2.75) is 0 Å². The Morgan fingerprint density at radius 2 is 0.254 bits per heavy atom. The topological polar surface area (TPSA) is 55.6 Å². The fourth-order valence-corrected chi connectivity index (χ4v) is 18.8. The van der Waals surface area contributed by atoms with Crippen molar-refractivity contribution in [1.82, 2.24) is 0 Å². The van der Waals surface area contributed by atoms with Crippen molar-refractivity contribution in [2.24, 2.45) is 0 Å². The number of benzene rings is 21. The number of rotatable bonds is 21. The average molecular weight is 1720 g/mol. The molecule has 0 fully saturated rings. The summed E-state index contributed by atoms with van der Waals surface area (Å²) in [5, 5.41) is 6.74. The van der Waals surface area contributed by atoms with Crippen LogP contribution in [-0.4, -0.2) is 0 Å². The predicted molar refractivity (Wildman–Crippen MR) is 561 cm³/mol. The summed E-state index contributed by atoms with van der Waals surface area (Å²) in [6.07, 6.45) is 0. The van der Waals surface area contributed by atoms with Gasteiger partial charge in [0.25, 0.3) is 0 Å². The van der Waals surface area contributed by atoms with Crippen LogP contribution >= 0.6 is 0 Å². The lowest BCUT2D eigenvalue weighted by Crippen LogP contribution is -2.12. The van der Waals surface area contributed by atoms with Gasteiger partial charge in [-0.3, -0.25) is 0 Å². The number of anilines is 15. The van der Waals surface area contributed by atoms with Crippen molar-refractivity contribution < 1.29 is 13.3 Å². The molecule has 0 aliphatic rings. The second-order valence-electron chi connectivity index (χ2n) is 33.5. The van der Waals surface area contributed by atoms with Gasteiger partial charge in [-0.1, -0.05) is 328 Å². The van der Waals surface area contributed by atoms with Crippen LogP contribution in [0.3, 0.4) is 0 Å². The monoisotopic (exact) mass is 1720 g/mol. The lowest BCUT2D eigenvalue weighted by Gasteiger charge is -2.29. The molecule has 0 aliphatic heterocycles. The Balaban J connectivity index is 0.000000192. The van der Waals surface area contributed by atoms with E-state index >= 15 is 0 Å². The van der Waals surface area contributed by atoms with Crippen molar-refractivity contribution in [2.75, 3.05) is 24.5 Å². The van der Waals surface area contributed by atoms with Crippen molar-refractivity contribution in [1.29, 1.82) is 0 Å². The molecule has 3 heterocycles. The highest BCUT2D eigenvalue weighted by molar-refractivity contribution is 6.12. The second kappa shape index (κ2) is 35.9. The van der Waals surface area contributed by atoms with Gasteiger partial charge in [0, 0.05) is 134 Å². The first kappa shape index (κ1) is 80.6. The van der Waals surface area contributed by atoms with Gasteiger partial charge < -0.3 is 37.8 Å². The molecule has 634 valence electrons. The summed E-state index contributed by atoms with van der Waals surface area (Å²) in [6.45, 7) is 0. The highest BCUT2D eigenvalue weighted by Crippen LogP contribution is 2.48. The van der Waals surface area contributed by atoms with Crippen LogP contribution in [0.5, 0.6) is 0 Å². The molecule has 0 amide bonds. The smallest absolute Gasteiger partial charge is 0.143 e. The molecule has 0 N–H and O–H groups in total. The molecule has 0 unspecified atom stereocenters. The molecule has 0 saturated carbocycles. The van der Waals surface area contributed by atoms with E-state index in [-0.39, 0.29) is 0 Å². The SMILES string of the molecule is c1ccc(-c2ccc(N(c3ccc(-c4ccccc4)cc3)c3ccc(-c4cccc5c4oc4ccccc45)cc3)cc2)cc1.c1ccc(N(c2ccccc2)c2ccc(N(c3ccc(-c4ccc(N(c5ccc(-c6cccc7c6oc6ccccc67)cc5)c5ccc(N(c6ccccc6)c6ccccc6)cc5)cc4)cc3)c3ccc(-c4cccc5c4oc4ccccc45)cc3)cc2)cc1. The van der Waals surface area contributed by atoms with Crippen LogP contribution in [-0.2, 0) is 0 Å². The molecule has 3 aromatic heterocycles. The van der Waals surface area contributed by atoms with Crippen LogP contribution in [0.1, 0.15) is 0 Å². The predicted octanol–water partition coefficient (Wildman–Crippen LogP) is 36.4. The van der Waals surface area contributed by atoms with Gasteiger partial charge in [-0.2, -0.15) is 0 Å². The third-order valence-corrected chi connectivity index (χ3v) is 25.4. The summed E-state index contributed by atoms with van der Waals surface area (Å²) in [4.78, 5) is 11.6. The molecule has 0 aliphatic carbocycles. The molecule has 0 spiro atoms. The van der Waals surface area contributed by atoms with Crippen molar-refractivity contribution in [3.05, 3.63) is 528 Å². The largest absolute Gasteiger partial charge is 0.455 e. The van der Waals surface area contributed by atoms with Crippen molar-refractivity contribution >= 4 is 151 Å². The molecule has 0 bridgehead atoms. The van der Waals surface area contributed by atoms with E-state index in [0.29, 0.717) is 0 Å². The lowest BCUT2D eigenvalue weighted by molar-refractivity contribution is 0.669. The van der Waals surface area contributed by atoms with Crippen LogP contribution in [0.15, 0.2) is 541 Å². The maximum Gasteiger partial charge on any atom is 0.143 e. The summed E-state index contributed by atoms with van der Waals surface area (Å²) < 4.78 is 19.4. The summed E-state index contributed by atoms with van der Waals surface area (Å²) >= 11 is 0. The van der Waals surface area contributed by atoms with E-state index in [2.05, 4.69) is 516 Å². The summed E-state index contributed by atoms with van der Waals surface area (Å²) in [7, 11) is 0. The molecule has 0 atom stereocenters. The first-order valence-electron chi connectivity index (χ1n) is 45.4. The molecule has 21 aromatic carbocycles. The first-order chi connectivity index (χ1) is 66.4. The minimum Gasteiger partial charge on any atom is -0.455 e. The Bertz CT molecular complexity index is 7720. The third kappa shape index (κ3) is 15.9. The third-order valence-electron chi connectivity index (χ3n) is 25.4. The first-order valence-corrected chi connectivity index (χ1v) is 45.4. The van der Waals surface area contributed by atoms with Crippen molar-refractivity contribution in [3.63, 3.8) is 0 Å². The van der Waals surface area contributed by atoms with Gasteiger partial charge in [0.15, 0.2) is 0 Å². The zero-order valence-corrected chi connectivity index (χ0v) is 73.2. The standard InChI is InChI=1S/C84H58N4O2.C42H29NO/c1-5-19-63(20-6-1)85(64-21-7-2-8-22-64)71-51-55-73(56-52-71)87(69-47-39-61(40-48-69)75-29-17-31-79-77-27-13-15-33-81(77)89-83(75)79)67-43-35-59(36-44-67)60-37-45-68(46-38-60)88(74-57-53-72(54-58-74)86(65-23-9-3-10-24-65)66-25-11-4-12-26-66)70-49-41-62(42-50-70)76-30-18-32-80-78-28-14-16-34-82(78)90-84(76)80;1-3-10-30(11-4-1)32-18-24-35(25-19-32)43(36-26-20-33(21-27-36)31-12-5-2-6-13-31)37-28-22-34(23-29-37)38-15-9-16-40-39-14-7-8-17-41(39)44-42(38)40/h1-58H;1-29H. The molecule has 24 aromatic rings. The maximum atomic E-state index is 6.51. The van der Waals surface area contributed by atoms with E-state index in [1.54, 1.807) is 0 Å². The number of para-hydroxylation sites is 10. The quantitative estimate of drug-likeness (QED) is 0.0705. The minimum atomic E-state index is 0.888. The normalized spacial score (nSPS) is 11.3. The Morgan fingerprint density at radius 1 is 0.104 bits per heavy atom. The molecule has 0 radical (unpaired) electrons. The highest BCUT2D eigenvalue weighted by atomic mass is 16.3. The molecule has 0 saturated heterocycles. The van der Waals surface area contributed by atoms with Crippen LogP contribution in [0.2, 0.25) is 0 Å². The van der Waals surface area contributed by atoms with E-state index in [1.807, 2.05) is 36.4 Å². The fraction of sp³-hybridized carbons (Fsp3) is 0. The number of nitrogens with zero attached hydrogens (tertiary/aromatic N) is 5. The molecule has 8 nitrogen and oxygen atoms in total. The van der Waals surface area contributed by atoms with Crippen molar-refractivity contribution in [3.8, 4) is 66.8 Å². The van der Waals surface area contributed by atoms with Gasteiger partial charge in [0.1, 0.15) is 33.5 Å². The van der Waals surface area contributed by atoms with E-state index in [9.17, 15) is 0 Å². The van der Waals surface area contributed by atoms with Gasteiger partial charge in [-0.15, -0.1) is 0 Å². The van der Waals surface area contributed by atoms with Gasteiger partial charge in [0.05, 0.1) is 0 Å². The molecule has 8 heteroatoms. The highest BCUT2D eigenvalue weighted by Gasteiger charge is 2.24. The second-order valence-corrected chi connectivity index (χ2v) is 33.5. The summed E-state index contributed by atoms with van der Waals surface area (Å²) in [6, 6.07) is 187. The van der Waals surface area contributed by atoms with E-state index < -0.39 is 0 Å². The Labute approximate surface area is 778 Å². The van der Waals surface area contributed by atoms with Crippen LogP contribution in [0.25, 0.3) is 133 Å². The van der Waals surface area contributed by atoms with Gasteiger partial charge in [0.2, 0.25) is 0 Å². The Morgan fingerprint density at radius 3 is 0.463 bits per heavy atom. The van der Waals surface area contributed by atoms with Crippen LogP contribution < -0.4 is 24.5 Å². The molecular formula is C126H87N5O3. The molecular weight excluding hydrogens is 1630 g/mol. The van der Waals surface area contributed by atoms with Crippen LogP contribution in [0.4, 0.5) is 85.3 Å². The summed E-state index contributed by atoms with van der Waals surface area (Å²) in [5.41, 5.74) is 34.9. The number of fused-ring (bicyclic) bond motifs is 9. The number of furan rings is 3. The van der Waals surface area contributed by atoms with E-state index in [1.165, 1.54) is 22.3 Å². The fourth-order valence-electron chi connectivity index (χ4n) is 18.8. The molecule has 24 rings (SSSR count). The number of hydrogen-bond acceptors (Lipinski definition) is 8. The summed E-state index contributed by atoms with van der Waals surface area (Å²) in [5.74, 6) is 0. The van der Waals surface area contributed by atoms with Gasteiger partial charge in [-0.25, -0.2) is 0 Å². The van der Waals surface area contributed by atoms with E-state index in [4.69, 9.17) is 13.3 Å². The zero-order chi connectivity index (χ0) is 89.0. The lowest BCUT2D eigenvalue weighted by atomic mass is 10.0. The Kier molecular flexibility index (Phi) is 21.6.